The molecule has 10 heteroatoms. The van der Waals surface area contributed by atoms with E-state index in [0.717, 1.165) is 22.2 Å². The molecule has 0 aliphatic carbocycles. The molecule has 0 spiro atoms. The minimum atomic E-state index is -0.505. The SMILES string of the molecule is CN[C@@H](C)C(=O)Nc1ccc(-c2cccc(C(=O)NC(C)C)c2)n(Cc2cncc(-n3ccc4cc(F)ccc43)c2)c1=O. The molecule has 5 rings (SSSR count). The maximum Gasteiger partial charge on any atom is 0.275 e. The van der Waals surface area contributed by atoms with Crippen LogP contribution in [0.25, 0.3) is 27.8 Å². The van der Waals surface area contributed by atoms with Crippen molar-refractivity contribution in [1.82, 2.24) is 24.8 Å². The van der Waals surface area contributed by atoms with Crippen molar-refractivity contribution >= 4 is 28.4 Å². The molecule has 5 aromatic rings. The fourth-order valence-corrected chi connectivity index (χ4v) is 4.83. The summed E-state index contributed by atoms with van der Waals surface area (Å²) in [4.78, 5) is 43.7. The van der Waals surface area contributed by atoms with E-state index >= 15 is 0 Å². The number of likely N-dealkylation sites (N-methyl/N-ethyl adjacent to an activating group) is 1. The van der Waals surface area contributed by atoms with Gasteiger partial charge in [-0.2, -0.15) is 0 Å². The van der Waals surface area contributed by atoms with Gasteiger partial charge in [-0.25, -0.2) is 4.39 Å². The van der Waals surface area contributed by atoms with Crippen LogP contribution in [0.15, 0.2) is 90.1 Å². The average molecular weight is 581 g/mol. The highest BCUT2D eigenvalue weighted by Gasteiger charge is 2.18. The van der Waals surface area contributed by atoms with Gasteiger partial charge in [0.15, 0.2) is 0 Å². The number of fused-ring (bicyclic) bond motifs is 1. The second kappa shape index (κ2) is 12.4. The van der Waals surface area contributed by atoms with Crippen LogP contribution in [0, 0.1) is 5.82 Å². The van der Waals surface area contributed by atoms with Crippen molar-refractivity contribution in [3.05, 3.63) is 113 Å². The summed E-state index contributed by atoms with van der Waals surface area (Å²) in [6, 6.07) is 18.2. The summed E-state index contributed by atoms with van der Waals surface area (Å²) < 4.78 is 17.2. The van der Waals surface area contributed by atoms with Crippen LogP contribution in [0.4, 0.5) is 10.1 Å². The zero-order valence-electron chi connectivity index (χ0n) is 24.4. The van der Waals surface area contributed by atoms with Crippen LogP contribution in [0.5, 0.6) is 0 Å². The van der Waals surface area contributed by atoms with E-state index in [1.54, 1.807) is 67.3 Å². The second-order valence-electron chi connectivity index (χ2n) is 10.7. The van der Waals surface area contributed by atoms with E-state index in [2.05, 4.69) is 20.9 Å². The third-order valence-electron chi connectivity index (χ3n) is 7.15. The van der Waals surface area contributed by atoms with Gasteiger partial charge in [-0.1, -0.05) is 12.1 Å². The Morgan fingerprint density at radius 1 is 0.977 bits per heavy atom. The third-order valence-corrected chi connectivity index (χ3v) is 7.15. The molecule has 3 aromatic heterocycles. The van der Waals surface area contributed by atoms with Gasteiger partial charge in [0.25, 0.3) is 11.5 Å². The van der Waals surface area contributed by atoms with Crippen molar-refractivity contribution in [3.8, 4) is 16.9 Å². The van der Waals surface area contributed by atoms with Crippen molar-refractivity contribution in [2.75, 3.05) is 12.4 Å². The minimum absolute atomic E-state index is 0.0338. The van der Waals surface area contributed by atoms with Crippen molar-refractivity contribution in [2.45, 2.75) is 39.4 Å². The summed E-state index contributed by atoms with van der Waals surface area (Å²) in [5.41, 5.74) is 3.71. The third kappa shape index (κ3) is 6.39. The largest absolute Gasteiger partial charge is 0.350 e. The van der Waals surface area contributed by atoms with E-state index in [0.29, 0.717) is 16.8 Å². The highest BCUT2D eigenvalue weighted by Crippen LogP contribution is 2.24. The molecule has 9 nitrogen and oxygen atoms in total. The average Bonchev–Trinajstić information content (AvgIpc) is 3.41. The number of rotatable bonds is 9. The molecule has 0 aliphatic heterocycles. The predicted octanol–water partition coefficient (Wildman–Crippen LogP) is 4.73. The first-order chi connectivity index (χ1) is 20.6. The molecule has 220 valence electrons. The van der Waals surface area contributed by atoms with Gasteiger partial charge in [-0.15, -0.1) is 0 Å². The Balaban J connectivity index is 1.58. The van der Waals surface area contributed by atoms with Crippen LogP contribution < -0.4 is 21.5 Å². The van der Waals surface area contributed by atoms with Gasteiger partial charge in [0.2, 0.25) is 5.91 Å². The molecule has 0 bridgehead atoms. The van der Waals surface area contributed by atoms with E-state index in [9.17, 15) is 18.8 Å². The lowest BCUT2D eigenvalue weighted by Gasteiger charge is -2.18. The Hall–Kier alpha value is -5.09. The second-order valence-corrected chi connectivity index (χ2v) is 10.7. The van der Waals surface area contributed by atoms with E-state index < -0.39 is 11.6 Å². The van der Waals surface area contributed by atoms with Crippen LogP contribution in [-0.2, 0) is 11.3 Å². The van der Waals surface area contributed by atoms with Crippen molar-refractivity contribution < 1.29 is 14.0 Å². The Morgan fingerprint density at radius 3 is 2.56 bits per heavy atom. The van der Waals surface area contributed by atoms with Crippen molar-refractivity contribution in [3.63, 3.8) is 0 Å². The molecule has 0 saturated heterocycles. The maximum absolute atomic E-state index is 13.9. The van der Waals surface area contributed by atoms with Gasteiger partial charge in [0.1, 0.15) is 11.5 Å². The van der Waals surface area contributed by atoms with Gasteiger partial charge in [-0.3, -0.25) is 19.4 Å². The first-order valence-corrected chi connectivity index (χ1v) is 14.0. The molecule has 0 saturated carbocycles. The summed E-state index contributed by atoms with van der Waals surface area (Å²) in [6.07, 6.45) is 5.21. The molecule has 0 unspecified atom stereocenters. The standard InChI is InChI=1S/C33H33FN6O3/c1-20(2)37-32(42)25-7-5-6-23(15-25)30-11-9-28(38-31(41)21(3)35-4)33(43)40(30)19-22-14-27(18-36-17-22)39-13-12-24-16-26(34)8-10-29(24)39/h5-18,20-21,35H,19H2,1-4H3,(H,37,42)(H,38,41)/t21-/m0/s1. The molecule has 2 aromatic carbocycles. The monoisotopic (exact) mass is 580 g/mol. The first-order valence-electron chi connectivity index (χ1n) is 14.0. The summed E-state index contributed by atoms with van der Waals surface area (Å²) in [7, 11) is 1.67. The number of nitrogens with one attached hydrogen (secondary N) is 3. The zero-order valence-corrected chi connectivity index (χ0v) is 24.4. The molecular weight excluding hydrogens is 547 g/mol. The number of hydrogen-bond donors (Lipinski definition) is 3. The highest BCUT2D eigenvalue weighted by atomic mass is 19.1. The topological polar surface area (TPSA) is 110 Å². The highest BCUT2D eigenvalue weighted by molar-refractivity contribution is 5.96. The molecule has 3 N–H and O–H groups in total. The zero-order chi connectivity index (χ0) is 30.7. The Kier molecular flexibility index (Phi) is 8.49. The Labute approximate surface area is 248 Å². The number of nitrogens with zero attached hydrogens (tertiary/aromatic N) is 3. The van der Waals surface area contributed by atoms with Crippen LogP contribution in [-0.4, -0.2) is 45.1 Å². The molecule has 1 atom stereocenters. The lowest BCUT2D eigenvalue weighted by Crippen LogP contribution is -2.37. The Morgan fingerprint density at radius 2 is 1.79 bits per heavy atom. The quantitative estimate of drug-likeness (QED) is 0.234. The van der Waals surface area contributed by atoms with Crippen LogP contribution in [0.1, 0.15) is 36.7 Å². The molecule has 3 heterocycles. The fourth-order valence-electron chi connectivity index (χ4n) is 4.83. The smallest absolute Gasteiger partial charge is 0.275 e. The molecule has 0 radical (unpaired) electrons. The number of aromatic nitrogens is 3. The molecular formula is C33H33FN6O3. The van der Waals surface area contributed by atoms with E-state index in [4.69, 9.17) is 0 Å². The molecule has 0 fully saturated rings. The number of carbonyl (C=O) groups excluding carboxylic acids is 2. The van der Waals surface area contributed by atoms with Crippen LogP contribution >= 0.6 is 0 Å². The number of carbonyl (C=O) groups is 2. The van der Waals surface area contributed by atoms with E-state index in [1.165, 1.54) is 12.1 Å². The van der Waals surface area contributed by atoms with E-state index in [1.807, 2.05) is 42.8 Å². The summed E-state index contributed by atoms with van der Waals surface area (Å²) in [5.74, 6) is -0.872. The van der Waals surface area contributed by atoms with E-state index in [-0.39, 0.29) is 35.9 Å². The lowest BCUT2D eigenvalue weighted by molar-refractivity contribution is -0.117. The lowest BCUT2D eigenvalue weighted by atomic mass is 10.1. The van der Waals surface area contributed by atoms with Gasteiger partial charge in [0, 0.05) is 29.4 Å². The van der Waals surface area contributed by atoms with Gasteiger partial charge < -0.3 is 25.1 Å². The first kappa shape index (κ1) is 29.4. The number of amides is 2. The summed E-state index contributed by atoms with van der Waals surface area (Å²) in [6.45, 7) is 5.61. The number of halogens is 1. The predicted molar refractivity (Wildman–Crippen MR) is 166 cm³/mol. The number of anilines is 1. The summed E-state index contributed by atoms with van der Waals surface area (Å²) >= 11 is 0. The van der Waals surface area contributed by atoms with Crippen LogP contribution in [0.3, 0.4) is 0 Å². The number of hydrogen-bond acceptors (Lipinski definition) is 5. The maximum atomic E-state index is 13.9. The fraction of sp³-hybridized carbons (Fsp3) is 0.212. The van der Waals surface area contributed by atoms with Crippen LogP contribution in [0.2, 0.25) is 0 Å². The number of benzene rings is 2. The molecule has 0 aliphatic rings. The van der Waals surface area contributed by atoms with Gasteiger partial charge >= 0.3 is 0 Å². The van der Waals surface area contributed by atoms with Crippen molar-refractivity contribution in [1.29, 1.82) is 0 Å². The number of pyridine rings is 2. The van der Waals surface area contributed by atoms with Crippen molar-refractivity contribution in [2.24, 2.45) is 0 Å². The Bertz CT molecular complexity index is 1880. The summed E-state index contributed by atoms with van der Waals surface area (Å²) in [5, 5.41) is 9.25. The molecule has 43 heavy (non-hydrogen) atoms. The molecule has 2 amide bonds. The van der Waals surface area contributed by atoms with Gasteiger partial charge in [0.05, 0.1) is 35.7 Å². The normalized spacial score (nSPS) is 12.0. The van der Waals surface area contributed by atoms with Gasteiger partial charge in [-0.05, 0) is 93.5 Å². The minimum Gasteiger partial charge on any atom is -0.350 e.